The molecule has 0 radical (unpaired) electrons. The molecular formula is C13H18N4O. The molecule has 1 fully saturated rings. The summed E-state index contributed by atoms with van der Waals surface area (Å²) >= 11 is 0. The first-order chi connectivity index (χ1) is 8.78. The van der Waals surface area contributed by atoms with Crippen LogP contribution in [0, 0.1) is 12.8 Å². The largest absolute Gasteiger partial charge is 0.493 e. The topological polar surface area (TPSA) is 62.0 Å². The van der Waals surface area contributed by atoms with Gasteiger partial charge in [0.05, 0.1) is 12.1 Å². The number of aromatic nitrogens is 2. The standard InChI is InChI=1S/C13H18N4O/c1-8-3-10(18-7-9-5-15-6-9)4-11-12(8)13(14-2)17-16-11/h3-4,9,15H,5-7H2,1-2H3,(H2,14,16,17). The van der Waals surface area contributed by atoms with E-state index in [1.807, 2.05) is 13.1 Å². The summed E-state index contributed by atoms with van der Waals surface area (Å²) in [4.78, 5) is 0. The van der Waals surface area contributed by atoms with E-state index in [2.05, 4.69) is 33.8 Å². The van der Waals surface area contributed by atoms with Gasteiger partial charge in [0, 0.05) is 37.5 Å². The monoisotopic (exact) mass is 246 g/mol. The highest BCUT2D eigenvalue weighted by molar-refractivity contribution is 5.93. The summed E-state index contributed by atoms with van der Waals surface area (Å²) in [6.07, 6.45) is 0. The number of ether oxygens (including phenoxy) is 1. The van der Waals surface area contributed by atoms with Crippen LogP contribution in [0.5, 0.6) is 5.75 Å². The number of aromatic amines is 1. The number of rotatable bonds is 4. The van der Waals surface area contributed by atoms with Crippen LogP contribution in [0.25, 0.3) is 10.9 Å². The highest BCUT2D eigenvalue weighted by atomic mass is 16.5. The molecule has 3 N–H and O–H groups in total. The first-order valence-electron chi connectivity index (χ1n) is 6.28. The Bertz CT molecular complexity index is 559. The molecule has 5 nitrogen and oxygen atoms in total. The highest BCUT2D eigenvalue weighted by Crippen LogP contribution is 2.28. The second-order valence-electron chi connectivity index (χ2n) is 4.82. The third-order valence-electron chi connectivity index (χ3n) is 3.42. The van der Waals surface area contributed by atoms with E-state index in [0.717, 1.165) is 42.2 Å². The number of nitrogens with zero attached hydrogens (tertiary/aromatic N) is 1. The van der Waals surface area contributed by atoms with Crippen LogP contribution >= 0.6 is 0 Å². The van der Waals surface area contributed by atoms with Crippen molar-refractivity contribution in [1.82, 2.24) is 15.5 Å². The summed E-state index contributed by atoms with van der Waals surface area (Å²) in [6.45, 7) is 4.99. The number of hydrogen-bond donors (Lipinski definition) is 3. The van der Waals surface area contributed by atoms with Gasteiger partial charge in [-0.2, -0.15) is 5.10 Å². The molecule has 0 atom stereocenters. The van der Waals surface area contributed by atoms with Crippen molar-refractivity contribution in [2.75, 3.05) is 32.1 Å². The average molecular weight is 246 g/mol. The van der Waals surface area contributed by atoms with Crippen LogP contribution in [-0.2, 0) is 0 Å². The number of hydrogen-bond acceptors (Lipinski definition) is 4. The van der Waals surface area contributed by atoms with Crippen molar-refractivity contribution in [3.63, 3.8) is 0 Å². The maximum Gasteiger partial charge on any atom is 0.155 e. The molecule has 0 aliphatic carbocycles. The van der Waals surface area contributed by atoms with Gasteiger partial charge in [0.15, 0.2) is 5.82 Å². The van der Waals surface area contributed by atoms with Gasteiger partial charge in [0.2, 0.25) is 0 Å². The second kappa shape index (κ2) is 4.49. The number of aryl methyl sites for hydroxylation is 1. The van der Waals surface area contributed by atoms with Gasteiger partial charge >= 0.3 is 0 Å². The lowest BCUT2D eigenvalue weighted by molar-refractivity contribution is 0.199. The zero-order valence-corrected chi connectivity index (χ0v) is 10.7. The molecule has 0 amide bonds. The molecule has 2 aromatic rings. The van der Waals surface area contributed by atoms with Crippen molar-refractivity contribution in [3.05, 3.63) is 17.7 Å². The smallest absolute Gasteiger partial charge is 0.155 e. The van der Waals surface area contributed by atoms with Crippen molar-refractivity contribution in [3.8, 4) is 5.75 Å². The molecule has 5 heteroatoms. The summed E-state index contributed by atoms with van der Waals surface area (Å²) in [5.41, 5.74) is 2.19. The molecule has 1 saturated heterocycles. The van der Waals surface area contributed by atoms with Crippen LogP contribution in [-0.4, -0.2) is 36.9 Å². The van der Waals surface area contributed by atoms with Crippen LogP contribution < -0.4 is 15.4 Å². The van der Waals surface area contributed by atoms with Gasteiger partial charge in [0.1, 0.15) is 5.75 Å². The van der Waals surface area contributed by atoms with E-state index in [4.69, 9.17) is 4.74 Å². The van der Waals surface area contributed by atoms with E-state index >= 15 is 0 Å². The van der Waals surface area contributed by atoms with Crippen LogP contribution in [0.1, 0.15) is 5.56 Å². The lowest BCUT2D eigenvalue weighted by Gasteiger charge is -2.26. The zero-order valence-electron chi connectivity index (χ0n) is 10.7. The highest BCUT2D eigenvalue weighted by Gasteiger charge is 2.17. The molecule has 18 heavy (non-hydrogen) atoms. The lowest BCUT2D eigenvalue weighted by Crippen LogP contribution is -2.45. The van der Waals surface area contributed by atoms with Crippen molar-refractivity contribution < 1.29 is 4.74 Å². The Balaban J connectivity index is 1.85. The maximum atomic E-state index is 5.83. The van der Waals surface area contributed by atoms with Crippen LogP contribution in [0.3, 0.4) is 0 Å². The summed E-state index contributed by atoms with van der Waals surface area (Å²) in [7, 11) is 1.88. The molecule has 0 bridgehead atoms. The fourth-order valence-corrected chi connectivity index (χ4v) is 2.27. The van der Waals surface area contributed by atoms with Gasteiger partial charge < -0.3 is 15.4 Å². The molecular weight excluding hydrogens is 228 g/mol. The number of H-pyrrole nitrogens is 1. The predicted molar refractivity (Wildman–Crippen MR) is 72.2 cm³/mol. The summed E-state index contributed by atoms with van der Waals surface area (Å²) in [6, 6.07) is 4.09. The van der Waals surface area contributed by atoms with Gasteiger partial charge in [-0.3, -0.25) is 5.10 Å². The molecule has 0 spiro atoms. The Morgan fingerprint density at radius 2 is 2.28 bits per heavy atom. The van der Waals surface area contributed by atoms with E-state index in [1.54, 1.807) is 0 Å². The number of fused-ring (bicyclic) bond motifs is 1. The Kier molecular flexibility index (Phi) is 2.83. The molecule has 96 valence electrons. The molecule has 1 aliphatic heterocycles. The Hall–Kier alpha value is -1.75. The number of benzene rings is 1. The van der Waals surface area contributed by atoms with Gasteiger partial charge in [-0.25, -0.2) is 0 Å². The van der Waals surface area contributed by atoms with Crippen molar-refractivity contribution in [2.45, 2.75) is 6.92 Å². The third-order valence-corrected chi connectivity index (χ3v) is 3.42. The minimum Gasteiger partial charge on any atom is -0.493 e. The van der Waals surface area contributed by atoms with Gasteiger partial charge in [-0.1, -0.05) is 0 Å². The van der Waals surface area contributed by atoms with E-state index in [0.29, 0.717) is 5.92 Å². The van der Waals surface area contributed by atoms with Gasteiger partial charge in [0.25, 0.3) is 0 Å². The third kappa shape index (κ3) is 1.90. The molecule has 3 rings (SSSR count). The van der Waals surface area contributed by atoms with E-state index in [-0.39, 0.29) is 0 Å². The van der Waals surface area contributed by atoms with E-state index < -0.39 is 0 Å². The van der Waals surface area contributed by atoms with Crippen molar-refractivity contribution in [2.24, 2.45) is 5.92 Å². The average Bonchev–Trinajstić information content (AvgIpc) is 2.70. The van der Waals surface area contributed by atoms with Crippen LogP contribution in [0.15, 0.2) is 12.1 Å². The normalized spacial score (nSPS) is 15.7. The SMILES string of the molecule is CNc1n[nH]c2cc(OCC3CNC3)cc(C)c12. The first kappa shape index (κ1) is 11.3. The molecule has 0 unspecified atom stereocenters. The maximum absolute atomic E-state index is 5.83. The summed E-state index contributed by atoms with van der Waals surface area (Å²) in [5.74, 6) is 2.45. The quantitative estimate of drug-likeness (QED) is 0.765. The molecule has 1 aromatic carbocycles. The second-order valence-corrected chi connectivity index (χ2v) is 4.82. The fourth-order valence-electron chi connectivity index (χ4n) is 2.27. The van der Waals surface area contributed by atoms with Gasteiger partial charge in [-0.05, 0) is 18.6 Å². The van der Waals surface area contributed by atoms with Crippen molar-refractivity contribution in [1.29, 1.82) is 0 Å². The Morgan fingerprint density at radius 3 is 2.94 bits per heavy atom. The zero-order chi connectivity index (χ0) is 12.5. The Morgan fingerprint density at radius 1 is 1.44 bits per heavy atom. The van der Waals surface area contributed by atoms with E-state index in [9.17, 15) is 0 Å². The number of nitrogens with one attached hydrogen (secondary N) is 3. The number of anilines is 1. The molecule has 0 saturated carbocycles. The van der Waals surface area contributed by atoms with Crippen molar-refractivity contribution >= 4 is 16.7 Å². The lowest BCUT2D eigenvalue weighted by atomic mass is 10.1. The molecule has 1 aliphatic rings. The van der Waals surface area contributed by atoms with Crippen LogP contribution in [0.2, 0.25) is 0 Å². The summed E-state index contributed by atoms with van der Waals surface area (Å²) < 4.78 is 5.83. The predicted octanol–water partition coefficient (Wildman–Crippen LogP) is 1.51. The minimum absolute atomic E-state index is 0.649. The van der Waals surface area contributed by atoms with Crippen LogP contribution in [0.4, 0.5) is 5.82 Å². The molecule has 2 heterocycles. The first-order valence-corrected chi connectivity index (χ1v) is 6.28. The minimum atomic E-state index is 0.649. The summed E-state index contributed by atoms with van der Waals surface area (Å²) in [5, 5.41) is 14.7. The van der Waals surface area contributed by atoms with Gasteiger partial charge in [-0.15, -0.1) is 0 Å². The molecule has 1 aromatic heterocycles. The fraction of sp³-hybridized carbons (Fsp3) is 0.462. The Labute approximate surface area is 106 Å². The van der Waals surface area contributed by atoms with E-state index in [1.165, 1.54) is 5.56 Å².